The fourth-order valence-corrected chi connectivity index (χ4v) is 0.598. The van der Waals surface area contributed by atoms with Gasteiger partial charge in [-0.25, -0.2) is 4.79 Å². The Morgan fingerprint density at radius 2 is 1.80 bits per heavy atom. The molecule has 0 fully saturated rings. The monoisotopic (exact) mass is 137 g/mol. The second kappa shape index (κ2) is 2.39. The maximum Gasteiger partial charge on any atom is 0.335 e. The zero-order valence-corrected chi connectivity index (χ0v) is 5.07. The number of carboxylic acid groups (broad SMARTS) is 1. The van der Waals surface area contributed by atoms with Gasteiger partial charge >= 0.3 is 5.97 Å². The molecule has 0 atom stereocenters. The van der Waals surface area contributed by atoms with Gasteiger partial charge in [0.25, 0.3) is 0 Å². The summed E-state index contributed by atoms with van der Waals surface area (Å²) in [4.78, 5) is 10.2. The largest absolute Gasteiger partial charge is 0.872 e. The van der Waals surface area contributed by atoms with E-state index in [-0.39, 0.29) is 11.3 Å². The van der Waals surface area contributed by atoms with Gasteiger partial charge in [-0.3, -0.25) is 0 Å². The zero-order valence-electron chi connectivity index (χ0n) is 5.07. The number of carbonyl (C=O) groups is 1. The standard InChI is InChI=1S/C7H6O3/c8-6-3-1-5(2-4-6)7(9)10/h1-4,8H,(H,9,10)/p-1. The normalized spacial score (nSPS) is 9.20. The number of hydrogen-bond donors (Lipinski definition) is 1. The molecule has 0 bridgehead atoms. The summed E-state index contributed by atoms with van der Waals surface area (Å²) in [7, 11) is 0. The molecule has 1 aromatic carbocycles. The lowest BCUT2D eigenvalue weighted by molar-refractivity contribution is -0.268. The molecule has 3 nitrogen and oxygen atoms in total. The van der Waals surface area contributed by atoms with Crippen LogP contribution in [0.25, 0.3) is 0 Å². The minimum atomic E-state index is -1.01. The first-order chi connectivity index (χ1) is 4.70. The predicted octanol–water partition coefficient (Wildman–Crippen LogP) is 0.458. The Hall–Kier alpha value is -1.51. The molecule has 10 heavy (non-hydrogen) atoms. The molecule has 1 N–H and O–H groups in total. The van der Waals surface area contributed by atoms with Crippen molar-refractivity contribution in [3.05, 3.63) is 29.8 Å². The molecule has 52 valence electrons. The van der Waals surface area contributed by atoms with Crippen LogP contribution in [-0.2, 0) is 0 Å². The molecule has 3 heteroatoms. The van der Waals surface area contributed by atoms with Crippen LogP contribution >= 0.6 is 0 Å². The van der Waals surface area contributed by atoms with Crippen LogP contribution in [0.1, 0.15) is 10.4 Å². The first-order valence-corrected chi connectivity index (χ1v) is 2.70. The van der Waals surface area contributed by atoms with Crippen LogP contribution in [0.3, 0.4) is 0 Å². The number of aromatic carboxylic acids is 1. The minimum absolute atomic E-state index is 0.139. The van der Waals surface area contributed by atoms with Crippen LogP contribution in [-0.4, -0.2) is 11.1 Å². The van der Waals surface area contributed by atoms with Gasteiger partial charge in [0.15, 0.2) is 0 Å². The van der Waals surface area contributed by atoms with Gasteiger partial charge in [-0.15, -0.1) is 5.75 Å². The molecule has 0 amide bonds. The maximum atomic E-state index is 10.5. The molecule has 0 radical (unpaired) electrons. The molecule has 0 aliphatic heterocycles. The van der Waals surface area contributed by atoms with Crippen molar-refractivity contribution in [3.8, 4) is 5.75 Å². The third kappa shape index (κ3) is 1.25. The van der Waals surface area contributed by atoms with E-state index in [4.69, 9.17) is 5.11 Å². The molecule has 0 saturated carbocycles. The summed E-state index contributed by atoms with van der Waals surface area (Å²) >= 11 is 0. The van der Waals surface area contributed by atoms with Crippen LogP contribution < -0.4 is 5.11 Å². The van der Waals surface area contributed by atoms with E-state index in [1.165, 1.54) is 24.3 Å². The lowest BCUT2D eigenvalue weighted by Crippen LogP contribution is -1.96. The summed E-state index contributed by atoms with van der Waals surface area (Å²) in [5.74, 6) is -1.19. The molecular weight excluding hydrogens is 132 g/mol. The average molecular weight is 137 g/mol. The third-order valence-corrected chi connectivity index (χ3v) is 1.10. The van der Waals surface area contributed by atoms with Crippen LogP contribution in [0.2, 0.25) is 0 Å². The lowest BCUT2D eigenvalue weighted by Gasteiger charge is -2.02. The highest BCUT2D eigenvalue weighted by Gasteiger charge is 1.97. The highest BCUT2D eigenvalue weighted by molar-refractivity contribution is 5.87. The number of hydrogen-bond acceptors (Lipinski definition) is 2. The summed E-state index contributed by atoms with van der Waals surface area (Å²) < 4.78 is 0. The van der Waals surface area contributed by atoms with Crippen molar-refractivity contribution in [2.24, 2.45) is 0 Å². The van der Waals surface area contributed by atoms with Crippen molar-refractivity contribution in [2.45, 2.75) is 0 Å². The Morgan fingerprint density at radius 3 is 2.20 bits per heavy atom. The molecule has 0 aliphatic carbocycles. The predicted molar refractivity (Wildman–Crippen MR) is 32.8 cm³/mol. The van der Waals surface area contributed by atoms with E-state index in [1.807, 2.05) is 0 Å². The van der Waals surface area contributed by atoms with Crippen molar-refractivity contribution in [1.82, 2.24) is 0 Å². The van der Waals surface area contributed by atoms with Crippen molar-refractivity contribution in [2.75, 3.05) is 0 Å². The van der Waals surface area contributed by atoms with Crippen LogP contribution in [0.5, 0.6) is 5.75 Å². The number of carboxylic acids is 1. The van der Waals surface area contributed by atoms with E-state index in [0.717, 1.165) is 0 Å². The highest BCUT2D eigenvalue weighted by Crippen LogP contribution is 2.05. The Morgan fingerprint density at radius 1 is 1.30 bits per heavy atom. The summed E-state index contributed by atoms with van der Waals surface area (Å²) in [6, 6.07) is 5.02. The molecule has 1 aromatic rings. The SMILES string of the molecule is O=C(O)c1ccc([O-])cc1. The average Bonchev–Trinajstić information content (AvgIpc) is 1.88. The van der Waals surface area contributed by atoms with Crippen molar-refractivity contribution in [1.29, 1.82) is 0 Å². The van der Waals surface area contributed by atoms with Gasteiger partial charge in [0.2, 0.25) is 0 Å². The highest BCUT2D eigenvalue weighted by atomic mass is 16.4. The van der Waals surface area contributed by atoms with Crippen LogP contribution in [0.4, 0.5) is 0 Å². The van der Waals surface area contributed by atoms with Gasteiger partial charge in [0, 0.05) is 0 Å². The van der Waals surface area contributed by atoms with E-state index >= 15 is 0 Å². The van der Waals surface area contributed by atoms with Crippen molar-refractivity contribution in [3.63, 3.8) is 0 Å². The van der Waals surface area contributed by atoms with E-state index in [0.29, 0.717) is 0 Å². The van der Waals surface area contributed by atoms with Gasteiger partial charge in [-0.1, -0.05) is 12.1 Å². The summed E-state index contributed by atoms with van der Waals surface area (Å²) in [6.07, 6.45) is 0. The Bertz CT molecular complexity index is 238. The Labute approximate surface area is 57.5 Å². The van der Waals surface area contributed by atoms with Crippen LogP contribution in [0.15, 0.2) is 24.3 Å². The van der Waals surface area contributed by atoms with Gasteiger partial charge in [0.1, 0.15) is 0 Å². The fourth-order valence-electron chi connectivity index (χ4n) is 0.598. The summed E-state index contributed by atoms with van der Waals surface area (Å²) in [5.41, 5.74) is 0.139. The second-order valence-corrected chi connectivity index (χ2v) is 1.83. The van der Waals surface area contributed by atoms with Gasteiger partial charge in [0.05, 0.1) is 5.56 Å². The molecule has 0 heterocycles. The molecule has 0 saturated heterocycles. The molecular formula is C7H5O3-. The van der Waals surface area contributed by atoms with E-state index in [9.17, 15) is 9.90 Å². The second-order valence-electron chi connectivity index (χ2n) is 1.83. The van der Waals surface area contributed by atoms with Gasteiger partial charge in [-0.2, -0.15) is 0 Å². The first kappa shape index (κ1) is 6.61. The Balaban J connectivity index is 3.00. The van der Waals surface area contributed by atoms with Gasteiger partial charge < -0.3 is 10.2 Å². The van der Waals surface area contributed by atoms with Crippen molar-refractivity contribution < 1.29 is 15.0 Å². The Kier molecular flexibility index (Phi) is 1.58. The molecule has 0 unspecified atom stereocenters. The molecule has 1 rings (SSSR count). The molecule has 0 aliphatic rings. The number of rotatable bonds is 1. The molecule has 0 spiro atoms. The van der Waals surface area contributed by atoms with Crippen LogP contribution in [0, 0.1) is 0 Å². The quantitative estimate of drug-likeness (QED) is 0.611. The summed E-state index contributed by atoms with van der Waals surface area (Å²) in [6.45, 7) is 0. The summed E-state index contributed by atoms with van der Waals surface area (Å²) in [5, 5.41) is 18.8. The van der Waals surface area contributed by atoms with Crippen molar-refractivity contribution >= 4 is 5.97 Å². The zero-order chi connectivity index (χ0) is 7.56. The topological polar surface area (TPSA) is 60.4 Å². The van der Waals surface area contributed by atoms with E-state index in [2.05, 4.69) is 0 Å². The van der Waals surface area contributed by atoms with E-state index < -0.39 is 5.97 Å². The maximum absolute atomic E-state index is 10.5. The number of benzene rings is 1. The smallest absolute Gasteiger partial charge is 0.335 e. The third-order valence-electron chi connectivity index (χ3n) is 1.10. The minimum Gasteiger partial charge on any atom is -0.872 e. The fraction of sp³-hybridized carbons (Fsp3) is 0. The van der Waals surface area contributed by atoms with Gasteiger partial charge in [-0.05, 0) is 12.1 Å². The molecule has 0 aromatic heterocycles. The lowest BCUT2D eigenvalue weighted by atomic mass is 10.2. The first-order valence-electron chi connectivity index (χ1n) is 2.70. The van der Waals surface area contributed by atoms with E-state index in [1.54, 1.807) is 0 Å².